The summed E-state index contributed by atoms with van der Waals surface area (Å²) in [6, 6.07) is 3.63. The van der Waals surface area contributed by atoms with Gasteiger partial charge in [-0.05, 0) is 18.2 Å². The number of hydrogen-bond donors (Lipinski definition) is 2. The second-order valence-corrected chi connectivity index (χ2v) is 7.33. The topological polar surface area (TPSA) is 116 Å². The minimum Gasteiger partial charge on any atom is -0.336 e. The average Bonchev–Trinajstić information content (AvgIpc) is 3.00. The summed E-state index contributed by atoms with van der Waals surface area (Å²) in [5, 5.41) is 7.70. The molecule has 0 unspecified atom stereocenters. The number of piperazine rings is 1. The number of urea groups is 1. The van der Waals surface area contributed by atoms with E-state index in [1.807, 2.05) is 0 Å². The van der Waals surface area contributed by atoms with Gasteiger partial charge in [0.2, 0.25) is 0 Å². The van der Waals surface area contributed by atoms with Crippen molar-refractivity contribution in [1.82, 2.24) is 14.5 Å². The van der Waals surface area contributed by atoms with Gasteiger partial charge in [0.1, 0.15) is 5.82 Å². The molecule has 3 amide bonds. The van der Waals surface area contributed by atoms with Crippen molar-refractivity contribution in [2.75, 3.05) is 44.2 Å². The number of nitrogens with two attached hydrogens (primary N) is 1. The Kier molecular flexibility index (Phi) is 4.62. The molecule has 2 heterocycles. The van der Waals surface area contributed by atoms with Crippen molar-refractivity contribution in [3.8, 4) is 0 Å². The molecule has 0 aromatic heterocycles. The number of nitrogens with one attached hydrogen (secondary N) is 1. The Hall–Kier alpha value is -2.24. The van der Waals surface area contributed by atoms with Crippen molar-refractivity contribution in [3.05, 3.63) is 29.6 Å². The molecule has 25 heavy (non-hydrogen) atoms. The Labute approximate surface area is 144 Å². The molecule has 1 aromatic rings. The molecule has 0 spiro atoms. The van der Waals surface area contributed by atoms with Gasteiger partial charge in [0.15, 0.2) is 0 Å². The van der Waals surface area contributed by atoms with Gasteiger partial charge in [-0.3, -0.25) is 9.69 Å². The zero-order valence-corrected chi connectivity index (χ0v) is 14.1. The van der Waals surface area contributed by atoms with E-state index in [0.717, 1.165) is 10.4 Å². The number of anilines is 1. The second kappa shape index (κ2) is 6.58. The summed E-state index contributed by atoms with van der Waals surface area (Å²) in [6.45, 7) is 1.26. The van der Waals surface area contributed by atoms with E-state index in [1.165, 1.54) is 21.9 Å². The van der Waals surface area contributed by atoms with Crippen LogP contribution < -0.4 is 15.4 Å². The minimum absolute atomic E-state index is 0.0560. The predicted octanol–water partition coefficient (Wildman–Crippen LogP) is -0.683. The lowest BCUT2D eigenvalue weighted by molar-refractivity contribution is 0.0693. The lowest BCUT2D eigenvalue weighted by Crippen LogP contribution is -2.52. The van der Waals surface area contributed by atoms with E-state index in [2.05, 4.69) is 5.32 Å². The van der Waals surface area contributed by atoms with Gasteiger partial charge in [0, 0.05) is 45.0 Å². The second-order valence-electron chi connectivity index (χ2n) is 5.78. The molecule has 3 rings (SSSR count). The van der Waals surface area contributed by atoms with Crippen LogP contribution in [0.2, 0.25) is 0 Å². The lowest BCUT2D eigenvalue weighted by Gasteiger charge is -2.33. The van der Waals surface area contributed by atoms with Crippen LogP contribution in [0, 0.1) is 5.82 Å². The van der Waals surface area contributed by atoms with Gasteiger partial charge in [-0.1, -0.05) is 0 Å². The van der Waals surface area contributed by atoms with Crippen molar-refractivity contribution in [2.24, 2.45) is 5.14 Å². The first kappa shape index (κ1) is 17.6. The lowest BCUT2D eigenvalue weighted by atomic mass is 10.1. The maximum atomic E-state index is 14.1. The highest BCUT2D eigenvalue weighted by Gasteiger charge is 2.29. The van der Waals surface area contributed by atoms with Gasteiger partial charge < -0.3 is 10.2 Å². The van der Waals surface area contributed by atoms with E-state index >= 15 is 0 Å². The van der Waals surface area contributed by atoms with Gasteiger partial charge in [-0.15, -0.1) is 0 Å². The first-order chi connectivity index (χ1) is 11.8. The molecule has 0 atom stereocenters. The quantitative estimate of drug-likeness (QED) is 0.732. The third kappa shape index (κ3) is 3.57. The monoisotopic (exact) mass is 371 g/mol. The van der Waals surface area contributed by atoms with Gasteiger partial charge in [0.25, 0.3) is 16.1 Å². The molecule has 2 aliphatic rings. The summed E-state index contributed by atoms with van der Waals surface area (Å²) < 4.78 is 37.8. The Morgan fingerprint density at radius 3 is 2.40 bits per heavy atom. The summed E-state index contributed by atoms with van der Waals surface area (Å²) in [5.74, 6) is -1.24. The first-order valence-corrected chi connectivity index (χ1v) is 9.20. The number of nitrogens with zero attached hydrogens (tertiary/aromatic N) is 3. The number of carbonyl (C=O) groups excluding carboxylic acids is 2. The molecule has 11 heteroatoms. The third-order valence-corrected chi connectivity index (χ3v) is 5.32. The van der Waals surface area contributed by atoms with Crippen LogP contribution in [-0.2, 0) is 10.2 Å². The zero-order chi connectivity index (χ0) is 18.2. The fraction of sp³-hybridized carbons (Fsp3) is 0.429. The van der Waals surface area contributed by atoms with Gasteiger partial charge in [-0.25, -0.2) is 14.3 Å². The fourth-order valence-electron chi connectivity index (χ4n) is 2.88. The van der Waals surface area contributed by atoms with Crippen LogP contribution in [-0.4, -0.2) is 68.8 Å². The van der Waals surface area contributed by atoms with E-state index < -0.39 is 21.9 Å². The molecule has 2 saturated heterocycles. The number of hydrogen-bond acceptors (Lipinski definition) is 4. The summed E-state index contributed by atoms with van der Waals surface area (Å²) in [7, 11) is -3.80. The Bertz CT molecular complexity index is 807. The van der Waals surface area contributed by atoms with Crippen LogP contribution in [0.1, 0.15) is 10.4 Å². The highest BCUT2D eigenvalue weighted by Crippen LogP contribution is 2.22. The zero-order valence-electron chi connectivity index (χ0n) is 13.3. The molecule has 0 saturated carbocycles. The standard InChI is InChI=1S/C14H18FN5O4S/c15-12-2-1-10(20-4-3-17-14(20)22)9-11(12)13(21)18-5-7-19(8-6-18)25(16,23)24/h1-2,9H,3-8H2,(H,17,22)(H2,16,23,24). The third-order valence-electron chi connectivity index (χ3n) is 4.23. The highest BCUT2D eigenvalue weighted by molar-refractivity contribution is 7.86. The Morgan fingerprint density at radius 1 is 1.16 bits per heavy atom. The Morgan fingerprint density at radius 2 is 1.84 bits per heavy atom. The molecule has 136 valence electrons. The van der Waals surface area contributed by atoms with Gasteiger partial charge >= 0.3 is 6.03 Å². The molecule has 1 aromatic carbocycles. The Balaban J connectivity index is 1.77. The van der Waals surface area contributed by atoms with Crippen LogP contribution in [0.3, 0.4) is 0 Å². The van der Waals surface area contributed by atoms with Crippen LogP contribution >= 0.6 is 0 Å². The molecular formula is C14H18FN5O4S. The maximum Gasteiger partial charge on any atom is 0.321 e. The highest BCUT2D eigenvalue weighted by atomic mass is 32.2. The molecule has 3 N–H and O–H groups in total. The molecule has 2 aliphatic heterocycles. The van der Waals surface area contributed by atoms with E-state index in [1.54, 1.807) is 0 Å². The van der Waals surface area contributed by atoms with Crippen LogP contribution in [0.25, 0.3) is 0 Å². The van der Waals surface area contributed by atoms with Crippen molar-refractivity contribution in [1.29, 1.82) is 0 Å². The summed E-state index contributed by atoms with van der Waals surface area (Å²) in [4.78, 5) is 27.1. The van der Waals surface area contributed by atoms with E-state index in [4.69, 9.17) is 5.14 Å². The van der Waals surface area contributed by atoms with E-state index in [-0.39, 0.29) is 37.8 Å². The fourth-order valence-corrected chi connectivity index (χ4v) is 3.55. The van der Waals surface area contributed by atoms with Gasteiger partial charge in [0.05, 0.1) is 5.56 Å². The van der Waals surface area contributed by atoms with Crippen LogP contribution in [0.5, 0.6) is 0 Å². The van der Waals surface area contributed by atoms with Crippen molar-refractivity contribution >= 4 is 27.8 Å². The van der Waals surface area contributed by atoms with E-state index in [0.29, 0.717) is 18.8 Å². The molecule has 0 radical (unpaired) electrons. The number of rotatable bonds is 3. The van der Waals surface area contributed by atoms with Crippen molar-refractivity contribution in [3.63, 3.8) is 0 Å². The van der Waals surface area contributed by atoms with E-state index in [9.17, 15) is 22.4 Å². The molecular weight excluding hydrogens is 353 g/mol. The largest absolute Gasteiger partial charge is 0.336 e. The minimum atomic E-state index is -3.80. The van der Waals surface area contributed by atoms with Crippen molar-refractivity contribution < 1.29 is 22.4 Å². The molecule has 9 nitrogen and oxygen atoms in total. The summed E-state index contributed by atoms with van der Waals surface area (Å²) >= 11 is 0. The normalized spacial score (nSPS) is 19.2. The smallest absolute Gasteiger partial charge is 0.321 e. The van der Waals surface area contributed by atoms with Crippen molar-refractivity contribution in [2.45, 2.75) is 0 Å². The summed E-state index contributed by atoms with van der Waals surface area (Å²) in [6.07, 6.45) is 0. The first-order valence-electron chi connectivity index (χ1n) is 7.69. The number of halogens is 1. The van der Waals surface area contributed by atoms with Crippen LogP contribution in [0.15, 0.2) is 18.2 Å². The average molecular weight is 371 g/mol. The number of carbonyl (C=O) groups is 2. The molecule has 0 aliphatic carbocycles. The summed E-state index contributed by atoms with van der Waals surface area (Å²) in [5.41, 5.74) is 0.282. The number of benzene rings is 1. The van der Waals surface area contributed by atoms with Crippen LogP contribution in [0.4, 0.5) is 14.9 Å². The number of amides is 3. The van der Waals surface area contributed by atoms with Gasteiger partial charge in [-0.2, -0.15) is 12.7 Å². The molecule has 2 fully saturated rings. The molecule has 0 bridgehead atoms. The maximum absolute atomic E-state index is 14.1. The predicted molar refractivity (Wildman–Crippen MR) is 87.7 cm³/mol. The SMILES string of the molecule is NS(=O)(=O)N1CCN(C(=O)c2cc(N3CCNC3=O)ccc2F)CC1.